The highest BCUT2D eigenvalue weighted by atomic mass is 16.3. The fourth-order valence-electron chi connectivity index (χ4n) is 3.49. The fraction of sp³-hybridized carbons (Fsp3) is 0.250. The Hall–Kier alpha value is -2.75. The predicted octanol–water partition coefficient (Wildman–Crippen LogP) is 4.18. The van der Waals surface area contributed by atoms with Crippen molar-refractivity contribution in [1.29, 1.82) is 0 Å². The van der Waals surface area contributed by atoms with Crippen LogP contribution in [0.2, 0.25) is 0 Å². The topological polar surface area (TPSA) is 49.2 Å². The lowest BCUT2D eigenvalue weighted by atomic mass is 9.89. The number of hydrogen-bond donors (Lipinski definition) is 1. The molecule has 0 saturated carbocycles. The van der Waals surface area contributed by atoms with E-state index < -0.39 is 0 Å². The molecule has 122 valence electrons. The Bertz CT molecular complexity index is 853. The molecule has 1 aliphatic rings. The van der Waals surface area contributed by atoms with Crippen LogP contribution in [-0.2, 0) is 4.79 Å². The normalized spacial score (nSPS) is 16.2. The van der Waals surface area contributed by atoms with Gasteiger partial charge < -0.3 is 14.3 Å². The zero-order valence-electron chi connectivity index (χ0n) is 13.4. The Balaban J connectivity index is 1.40. The molecule has 3 heterocycles. The first kappa shape index (κ1) is 14.8. The Kier molecular flexibility index (Phi) is 3.95. The summed E-state index contributed by atoms with van der Waals surface area (Å²) in [5.41, 5.74) is 2.57. The molecule has 1 fully saturated rings. The van der Waals surface area contributed by atoms with E-state index >= 15 is 0 Å². The first-order valence-electron chi connectivity index (χ1n) is 8.38. The number of H-pyrrole nitrogens is 1. The lowest BCUT2D eigenvalue weighted by Gasteiger charge is -2.31. The number of benzene rings is 1. The maximum absolute atomic E-state index is 12.3. The summed E-state index contributed by atoms with van der Waals surface area (Å²) in [5, 5.41) is 1.31. The first-order chi connectivity index (χ1) is 11.8. The van der Waals surface area contributed by atoms with E-state index in [1.54, 1.807) is 18.4 Å². The summed E-state index contributed by atoms with van der Waals surface area (Å²) in [5.74, 6) is 1.28. The van der Waals surface area contributed by atoms with E-state index in [4.69, 9.17) is 4.42 Å². The molecular formula is C20H20N2O2. The molecule has 4 nitrogen and oxygen atoms in total. The standard InChI is InChI=1S/C20H20N2O2/c23-20(8-7-16-4-3-13-24-16)22-11-9-15(10-12-22)18-14-21-19-6-2-1-5-17(18)19/h1-8,13-15,21H,9-12H2/b8-7+. The number of hydrogen-bond acceptors (Lipinski definition) is 2. The molecule has 4 heteroatoms. The van der Waals surface area contributed by atoms with Gasteiger partial charge in [0.2, 0.25) is 5.91 Å². The summed E-state index contributed by atoms with van der Waals surface area (Å²) < 4.78 is 5.22. The SMILES string of the molecule is O=C(/C=C/c1ccco1)N1CCC(c2c[nH]c3ccccc23)CC1. The van der Waals surface area contributed by atoms with Crippen molar-refractivity contribution in [2.75, 3.05) is 13.1 Å². The van der Waals surface area contributed by atoms with Gasteiger partial charge in [-0.15, -0.1) is 0 Å². The third-order valence-electron chi connectivity index (χ3n) is 4.80. The summed E-state index contributed by atoms with van der Waals surface area (Å²) >= 11 is 0. The molecule has 0 unspecified atom stereocenters. The van der Waals surface area contributed by atoms with Gasteiger partial charge >= 0.3 is 0 Å². The molecule has 0 spiro atoms. The van der Waals surface area contributed by atoms with Gasteiger partial charge in [-0.05, 0) is 48.6 Å². The average Bonchev–Trinajstić information content (AvgIpc) is 3.29. The minimum Gasteiger partial charge on any atom is -0.465 e. The van der Waals surface area contributed by atoms with Crippen molar-refractivity contribution in [3.8, 4) is 0 Å². The number of piperidine rings is 1. The minimum absolute atomic E-state index is 0.0591. The highest BCUT2D eigenvalue weighted by Crippen LogP contribution is 2.33. The quantitative estimate of drug-likeness (QED) is 0.736. The van der Waals surface area contributed by atoms with E-state index in [0.717, 1.165) is 25.9 Å². The van der Waals surface area contributed by atoms with Crippen LogP contribution in [0, 0.1) is 0 Å². The van der Waals surface area contributed by atoms with Crippen LogP contribution in [0.25, 0.3) is 17.0 Å². The first-order valence-corrected chi connectivity index (χ1v) is 8.38. The van der Waals surface area contributed by atoms with Gasteiger partial charge in [0.15, 0.2) is 0 Å². The van der Waals surface area contributed by atoms with Crippen LogP contribution in [0.1, 0.15) is 30.1 Å². The van der Waals surface area contributed by atoms with E-state index in [9.17, 15) is 4.79 Å². The maximum atomic E-state index is 12.3. The van der Waals surface area contributed by atoms with Crippen molar-refractivity contribution in [3.63, 3.8) is 0 Å². The van der Waals surface area contributed by atoms with Crippen LogP contribution in [0.5, 0.6) is 0 Å². The van der Waals surface area contributed by atoms with E-state index in [1.807, 2.05) is 17.0 Å². The molecule has 0 bridgehead atoms. The fourth-order valence-corrected chi connectivity index (χ4v) is 3.49. The third-order valence-corrected chi connectivity index (χ3v) is 4.80. The van der Waals surface area contributed by atoms with Gasteiger partial charge in [-0.1, -0.05) is 18.2 Å². The predicted molar refractivity (Wildman–Crippen MR) is 94.6 cm³/mol. The molecule has 0 aliphatic carbocycles. The van der Waals surface area contributed by atoms with Gasteiger partial charge in [0.25, 0.3) is 0 Å². The number of carbonyl (C=O) groups excluding carboxylic acids is 1. The van der Waals surface area contributed by atoms with Crippen LogP contribution < -0.4 is 0 Å². The molecule has 1 saturated heterocycles. The molecule has 2 aromatic heterocycles. The van der Waals surface area contributed by atoms with Crippen molar-refractivity contribution < 1.29 is 9.21 Å². The number of carbonyl (C=O) groups is 1. The van der Waals surface area contributed by atoms with Crippen LogP contribution in [-0.4, -0.2) is 28.9 Å². The summed E-state index contributed by atoms with van der Waals surface area (Å²) in [7, 11) is 0. The molecule has 3 aromatic rings. The molecule has 0 radical (unpaired) electrons. The second kappa shape index (κ2) is 6.40. The van der Waals surface area contributed by atoms with Crippen molar-refractivity contribution >= 4 is 22.9 Å². The van der Waals surface area contributed by atoms with Gasteiger partial charge in [0.05, 0.1) is 6.26 Å². The molecule has 0 atom stereocenters. The zero-order chi connectivity index (χ0) is 16.4. The summed E-state index contributed by atoms with van der Waals surface area (Å²) in [6.07, 6.45) is 9.07. The van der Waals surface area contributed by atoms with Crippen LogP contribution in [0.3, 0.4) is 0 Å². The van der Waals surface area contributed by atoms with Crippen LogP contribution in [0.4, 0.5) is 0 Å². The highest BCUT2D eigenvalue weighted by molar-refractivity contribution is 5.91. The van der Waals surface area contributed by atoms with E-state index in [0.29, 0.717) is 11.7 Å². The number of para-hydroxylation sites is 1. The monoisotopic (exact) mass is 320 g/mol. The van der Waals surface area contributed by atoms with Crippen molar-refractivity contribution in [3.05, 3.63) is 66.3 Å². The molecule has 24 heavy (non-hydrogen) atoms. The number of nitrogens with one attached hydrogen (secondary N) is 1. The number of fused-ring (bicyclic) bond motifs is 1. The number of nitrogens with zero attached hydrogens (tertiary/aromatic N) is 1. The van der Waals surface area contributed by atoms with Crippen molar-refractivity contribution in [1.82, 2.24) is 9.88 Å². The van der Waals surface area contributed by atoms with Gasteiger partial charge in [0.1, 0.15) is 5.76 Å². The molecule has 4 rings (SSSR count). The smallest absolute Gasteiger partial charge is 0.246 e. The highest BCUT2D eigenvalue weighted by Gasteiger charge is 2.24. The summed E-state index contributed by atoms with van der Waals surface area (Å²) in [6, 6.07) is 12.1. The Morgan fingerprint density at radius 2 is 2.00 bits per heavy atom. The van der Waals surface area contributed by atoms with E-state index in [1.165, 1.54) is 16.5 Å². The van der Waals surface area contributed by atoms with Gasteiger partial charge in [0, 0.05) is 36.3 Å². The third kappa shape index (κ3) is 2.87. The second-order valence-electron chi connectivity index (χ2n) is 6.24. The molecule has 1 aliphatic heterocycles. The van der Waals surface area contributed by atoms with Crippen molar-refractivity contribution in [2.24, 2.45) is 0 Å². The Labute approximate surface area is 140 Å². The molecule has 1 amide bonds. The Morgan fingerprint density at radius 1 is 1.17 bits per heavy atom. The molecule has 1 N–H and O–H groups in total. The van der Waals surface area contributed by atoms with E-state index in [-0.39, 0.29) is 5.91 Å². The Morgan fingerprint density at radius 3 is 2.79 bits per heavy atom. The number of amides is 1. The van der Waals surface area contributed by atoms with Crippen LogP contribution in [0.15, 0.2) is 59.4 Å². The number of aromatic nitrogens is 1. The van der Waals surface area contributed by atoms with E-state index in [2.05, 4.69) is 35.4 Å². The molecule has 1 aromatic carbocycles. The second-order valence-corrected chi connectivity index (χ2v) is 6.24. The zero-order valence-corrected chi connectivity index (χ0v) is 13.4. The summed E-state index contributed by atoms with van der Waals surface area (Å²) in [4.78, 5) is 17.6. The van der Waals surface area contributed by atoms with Crippen molar-refractivity contribution in [2.45, 2.75) is 18.8 Å². The lowest BCUT2D eigenvalue weighted by molar-refractivity contribution is -0.126. The number of aromatic amines is 1. The molecular weight excluding hydrogens is 300 g/mol. The minimum atomic E-state index is 0.0591. The number of likely N-dealkylation sites (tertiary alicyclic amines) is 1. The number of furan rings is 1. The summed E-state index contributed by atoms with van der Waals surface area (Å²) in [6.45, 7) is 1.59. The van der Waals surface area contributed by atoms with Crippen LogP contribution >= 0.6 is 0 Å². The maximum Gasteiger partial charge on any atom is 0.246 e. The van der Waals surface area contributed by atoms with Gasteiger partial charge in [-0.3, -0.25) is 4.79 Å². The van der Waals surface area contributed by atoms with Gasteiger partial charge in [-0.25, -0.2) is 0 Å². The average molecular weight is 320 g/mol. The lowest BCUT2D eigenvalue weighted by Crippen LogP contribution is -2.36. The largest absolute Gasteiger partial charge is 0.465 e. The van der Waals surface area contributed by atoms with Gasteiger partial charge in [-0.2, -0.15) is 0 Å². The number of rotatable bonds is 3.